The molecule has 1 unspecified atom stereocenters. The van der Waals surface area contributed by atoms with Gasteiger partial charge in [-0.25, -0.2) is 0 Å². The van der Waals surface area contributed by atoms with E-state index in [0.29, 0.717) is 12.8 Å². The average Bonchev–Trinajstić information content (AvgIpc) is 2.17. The summed E-state index contributed by atoms with van der Waals surface area (Å²) in [6.45, 7) is 13.3. The first-order valence-electron chi connectivity index (χ1n) is 5.46. The van der Waals surface area contributed by atoms with Crippen molar-refractivity contribution >= 4 is 6.29 Å². The topological polar surface area (TPSA) is 40.9 Å². The van der Waals surface area contributed by atoms with Crippen molar-refractivity contribution in [3.8, 4) is 6.07 Å². The number of hydrogen-bond donors (Lipinski definition) is 0. The van der Waals surface area contributed by atoms with Crippen molar-refractivity contribution in [1.29, 1.82) is 5.26 Å². The van der Waals surface area contributed by atoms with Gasteiger partial charge in [0.25, 0.3) is 0 Å². The molecule has 0 aromatic carbocycles. The maximum Gasteiger partial charge on any atom is 0.125 e. The molecule has 88 valence electrons. The quantitative estimate of drug-likeness (QED) is 0.506. The lowest BCUT2D eigenvalue weighted by Crippen LogP contribution is -2.38. The van der Waals surface area contributed by atoms with Crippen molar-refractivity contribution in [1.82, 2.24) is 0 Å². The van der Waals surface area contributed by atoms with E-state index in [1.165, 1.54) is 0 Å². The maximum absolute atomic E-state index is 11.3. The Bertz CT molecular complexity index is 294. The van der Waals surface area contributed by atoms with Gasteiger partial charge >= 0.3 is 0 Å². The molecule has 0 saturated carbocycles. The van der Waals surface area contributed by atoms with E-state index in [9.17, 15) is 10.1 Å². The van der Waals surface area contributed by atoms with Crippen LogP contribution in [0.5, 0.6) is 0 Å². The summed E-state index contributed by atoms with van der Waals surface area (Å²) < 4.78 is 0. The number of carbonyl (C=O) groups excluding carboxylic acids is 1. The summed E-state index contributed by atoms with van der Waals surface area (Å²) in [4.78, 5) is 11.3. The van der Waals surface area contributed by atoms with Gasteiger partial charge in [0, 0.05) is 5.92 Å². The fourth-order valence-corrected chi connectivity index (χ4v) is 2.18. The number of rotatable bonds is 6. The summed E-state index contributed by atoms with van der Waals surface area (Å²) in [5.41, 5.74) is -0.937. The molecule has 0 aliphatic heterocycles. The Morgan fingerprint density at radius 2 is 1.69 bits per heavy atom. The van der Waals surface area contributed by atoms with E-state index in [1.807, 2.05) is 20.8 Å². The van der Waals surface area contributed by atoms with Crippen LogP contribution in [-0.2, 0) is 4.79 Å². The minimum Gasteiger partial charge on any atom is -0.303 e. The van der Waals surface area contributed by atoms with Gasteiger partial charge in [0.05, 0.1) is 11.5 Å². The SMILES string of the molecule is C=CCC(C#N)(CC=C)C(C=O)C(C)(C)C. The molecule has 0 aromatic rings. The Labute approximate surface area is 98.7 Å². The average molecular weight is 219 g/mol. The van der Waals surface area contributed by atoms with Gasteiger partial charge in [0.1, 0.15) is 6.29 Å². The molecule has 2 heteroatoms. The number of carbonyl (C=O) groups is 1. The van der Waals surface area contributed by atoms with Gasteiger partial charge in [0.2, 0.25) is 0 Å². The minimum absolute atomic E-state index is 0.233. The summed E-state index contributed by atoms with van der Waals surface area (Å²) in [7, 11) is 0. The minimum atomic E-state index is -0.705. The summed E-state index contributed by atoms with van der Waals surface area (Å²) >= 11 is 0. The zero-order chi connectivity index (χ0) is 12.8. The fraction of sp³-hybridized carbons (Fsp3) is 0.571. The van der Waals surface area contributed by atoms with Crippen molar-refractivity contribution < 1.29 is 4.79 Å². The standard InChI is InChI=1S/C14H21NO/c1-6-8-14(11-15,9-7-2)12(10-16)13(3,4)5/h6-7,10,12H,1-2,8-9H2,3-5H3. The molecule has 0 amide bonds. The molecule has 0 radical (unpaired) electrons. The predicted octanol–water partition coefficient (Wildman–Crippen LogP) is 3.51. The summed E-state index contributed by atoms with van der Waals surface area (Å²) in [5.74, 6) is -0.319. The Morgan fingerprint density at radius 1 is 1.25 bits per heavy atom. The van der Waals surface area contributed by atoms with Gasteiger partial charge in [-0.15, -0.1) is 13.2 Å². The van der Waals surface area contributed by atoms with Crippen LogP contribution in [-0.4, -0.2) is 6.29 Å². The first kappa shape index (κ1) is 14.6. The van der Waals surface area contributed by atoms with Crippen LogP contribution in [0.1, 0.15) is 33.6 Å². The van der Waals surface area contributed by atoms with Crippen LogP contribution in [0.15, 0.2) is 25.3 Å². The Balaban J connectivity index is 5.44. The largest absolute Gasteiger partial charge is 0.303 e. The lowest BCUT2D eigenvalue weighted by molar-refractivity contribution is -0.117. The van der Waals surface area contributed by atoms with Gasteiger partial charge < -0.3 is 4.79 Å². The zero-order valence-electron chi connectivity index (χ0n) is 10.5. The second kappa shape index (κ2) is 5.65. The molecule has 2 nitrogen and oxygen atoms in total. The second-order valence-corrected chi connectivity index (χ2v) is 5.23. The molecule has 0 bridgehead atoms. The monoisotopic (exact) mass is 219 g/mol. The molecule has 16 heavy (non-hydrogen) atoms. The van der Waals surface area contributed by atoms with Crippen LogP contribution in [0, 0.1) is 28.1 Å². The van der Waals surface area contributed by atoms with Crippen LogP contribution >= 0.6 is 0 Å². The molecule has 0 heterocycles. The highest BCUT2D eigenvalue weighted by Gasteiger charge is 2.43. The molecule has 0 N–H and O–H groups in total. The number of allylic oxidation sites excluding steroid dienone is 2. The predicted molar refractivity (Wildman–Crippen MR) is 66.7 cm³/mol. The van der Waals surface area contributed by atoms with E-state index in [0.717, 1.165) is 6.29 Å². The maximum atomic E-state index is 11.3. The Morgan fingerprint density at radius 3 is 1.88 bits per heavy atom. The van der Waals surface area contributed by atoms with Crippen molar-refractivity contribution in [3.05, 3.63) is 25.3 Å². The van der Waals surface area contributed by atoms with E-state index in [2.05, 4.69) is 19.2 Å². The zero-order valence-corrected chi connectivity index (χ0v) is 10.5. The first-order valence-corrected chi connectivity index (χ1v) is 5.46. The highest BCUT2D eigenvalue weighted by molar-refractivity contribution is 5.58. The molecule has 0 rings (SSSR count). The molecule has 0 spiro atoms. The second-order valence-electron chi connectivity index (χ2n) is 5.23. The lowest BCUT2D eigenvalue weighted by atomic mass is 9.62. The van der Waals surface area contributed by atoms with Crippen LogP contribution in [0.2, 0.25) is 0 Å². The van der Waals surface area contributed by atoms with Gasteiger partial charge in [-0.05, 0) is 18.3 Å². The van der Waals surface area contributed by atoms with Crippen molar-refractivity contribution in [3.63, 3.8) is 0 Å². The van der Waals surface area contributed by atoms with Gasteiger partial charge in [0.15, 0.2) is 0 Å². The summed E-state index contributed by atoms with van der Waals surface area (Å²) in [5, 5.41) is 9.40. The third-order valence-corrected chi connectivity index (χ3v) is 2.90. The Hall–Kier alpha value is -1.36. The van der Waals surface area contributed by atoms with E-state index in [-0.39, 0.29) is 11.3 Å². The van der Waals surface area contributed by atoms with Crippen LogP contribution < -0.4 is 0 Å². The summed E-state index contributed by atoms with van der Waals surface area (Å²) in [6.07, 6.45) is 5.33. The number of nitrogens with zero attached hydrogens (tertiary/aromatic N) is 1. The van der Waals surface area contributed by atoms with Crippen molar-refractivity contribution in [2.75, 3.05) is 0 Å². The van der Waals surface area contributed by atoms with Crippen LogP contribution in [0.4, 0.5) is 0 Å². The Kier molecular flexibility index (Phi) is 5.17. The lowest BCUT2D eigenvalue weighted by Gasteiger charge is -2.38. The molecule has 0 fully saturated rings. The normalized spacial score (nSPS) is 13.6. The highest BCUT2D eigenvalue weighted by atomic mass is 16.1. The molecular weight excluding hydrogens is 198 g/mol. The molecular formula is C14H21NO. The smallest absolute Gasteiger partial charge is 0.125 e. The molecule has 0 aromatic heterocycles. The van der Waals surface area contributed by atoms with Crippen molar-refractivity contribution in [2.24, 2.45) is 16.7 Å². The molecule has 0 saturated heterocycles. The van der Waals surface area contributed by atoms with Gasteiger partial charge in [-0.1, -0.05) is 32.9 Å². The number of hydrogen-bond acceptors (Lipinski definition) is 2. The van der Waals surface area contributed by atoms with E-state index in [1.54, 1.807) is 12.2 Å². The third kappa shape index (κ3) is 3.06. The van der Waals surface area contributed by atoms with E-state index >= 15 is 0 Å². The first-order chi connectivity index (χ1) is 7.37. The molecule has 0 aliphatic rings. The summed E-state index contributed by atoms with van der Waals surface area (Å²) in [6, 6.07) is 2.30. The number of nitriles is 1. The third-order valence-electron chi connectivity index (χ3n) is 2.90. The van der Waals surface area contributed by atoms with E-state index < -0.39 is 5.41 Å². The van der Waals surface area contributed by atoms with Crippen molar-refractivity contribution in [2.45, 2.75) is 33.6 Å². The molecule has 1 atom stereocenters. The van der Waals surface area contributed by atoms with Gasteiger partial charge in [-0.3, -0.25) is 0 Å². The highest BCUT2D eigenvalue weighted by Crippen LogP contribution is 2.44. The van der Waals surface area contributed by atoms with E-state index in [4.69, 9.17) is 0 Å². The fourth-order valence-electron chi connectivity index (χ4n) is 2.18. The molecule has 0 aliphatic carbocycles. The number of aldehydes is 1. The van der Waals surface area contributed by atoms with Crippen LogP contribution in [0.3, 0.4) is 0 Å². The van der Waals surface area contributed by atoms with Crippen LogP contribution in [0.25, 0.3) is 0 Å². The van der Waals surface area contributed by atoms with Gasteiger partial charge in [-0.2, -0.15) is 5.26 Å².